The maximum Gasteiger partial charge on any atom is 0.325 e. The van der Waals surface area contributed by atoms with E-state index in [4.69, 9.17) is 9.47 Å². The second-order valence-corrected chi connectivity index (χ2v) is 4.61. The number of rotatable bonds is 4. The molecule has 1 aromatic rings. The van der Waals surface area contributed by atoms with E-state index < -0.39 is 5.97 Å². The van der Waals surface area contributed by atoms with Gasteiger partial charge in [-0.3, -0.25) is 9.59 Å². The Labute approximate surface area is 123 Å². The van der Waals surface area contributed by atoms with Gasteiger partial charge in [0.25, 0.3) is 5.91 Å². The van der Waals surface area contributed by atoms with Gasteiger partial charge in [0, 0.05) is 18.5 Å². The summed E-state index contributed by atoms with van der Waals surface area (Å²) in [6.45, 7) is 3.32. The average Bonchev–Trinajstić information content (AvgIpc) is 2.76. The molecule has 0 fully saturated rings. The molecule has 21 heavy (non-hydrogen) atoms. The van der Waals surface area contributed by atoms with Crippen molar-refractivity contribution in [3.63, 3.8) is 0 Å². The molecule has 6 nitrogen and oxygen atoms in total. The Hall–Kier alpha value is -2.24. The van der Waals surface area contributed by atoms with Crippen LogP contribution in [0.4, 0.5) is 0 Å². The molecule has 1 amide bonds. The number of methoxy groups -OCH3 is 1. The van der Waals surface area contributed by atoms with Crippen LogP contribution in [0.15, 0.2) is 18.2 Å². The molecule has 0 radical (unpaired) electrons. The molecule has 0 bridgehead atoms. The lowest BCUT2D eigenvalue weighted by molar-refractivity contribution is -0.141. The summed E-state index contributed by atoms with van der Waals surface area (Å²) in [5, 5.41) is 0. The summed E-state index contributed by atoms with van der Waals surface area (Å²) in [5.41, 5.74) is 0.463. The van der Waals surface area contributed by atoms with Crippen molar-refractivity contribution in [2.24, 2.45) is 0 Å². The summed E-state index contributed by atoms with van der Waals surface area (Å²) in [5.74, 6) is 0.519. The Bertz CT molecular complexity index is 529. The number of carbonyl (C=O) groups is 2. The number of amides is 1. The summed E-state index contributed by atoms with van der Waals surface area (Å²) >= 11 is 0. The molecule has 0 saturated carbocycles. The van der Waals surface area contributed by atoms with E-state index in [2.05, 4.69) is 4.74 Å². The summed E-state index contributed by atoms with van der Waals surface area (Å²) < 4.78 is 15.7. The molecule has 0 spiro atoms. The minimum atomic E-state index is -0.445. The fourth-order valence-corrected chi connectivity index (χ4v) is 2.03. The number of ether oxygens (including phenoxy) is 3. The van der Waals surface area contributed by atoms with Crippen LogP contribution in [0.5, 0.6) is 11.5 Å². The first-order chi connectivity index (χ1) is 10.2. The van der Waals surface area contributed by atoms with Gasteiger partial charge in [-0.1, -0.05) is 0 Å². The molecular formula is C15H19NO5. The lowest BCUT2D eigenvalue weighted by atomic mass is 10.1. The summed E-state index contributed by atoms with van der Waals surface area (Å²) in [7, 11) is 1.30. The van der Waals surface area contributed by atoms with Crippen molar-refractivity contribution in [2.75, 3.05) is 33.4 Å². The van der Waals surface area contributed by atoms with E-state index in [1.807, 2.05) is 6.92 Å². The lowest BCUT2D eigenvalue weighted by Gasteiger charge is -2.20. The number of hydrogen-bond acceptors (Lipinski definition) is 5. The minimum absolute atomic E-state index is 0.0692. The Kier molecular flexibility index (Phi) is 5.03. The molecule has 0 atom stereocenters. The fraction of sp³-hybridized carbons (Fsp3) is 0.467. The number of likely N-dealkylation sites (N-methyl/N-ethyl adjacent to an activating group) is 1. The van der Waals surface area contributed by atoms with Crippen LogP contribution in [0.2, 0.25) is 0 Å². The Morgan fingerprint density at radius 3 is 2.62 bits per heavy atom. The molecule has 0 aliphatic carbocycles. The predicted molar refractivity (Wildman–Crippen MR) is 75.6 cm³/mol. The van der Waals surface area contributed by atoms with Gasteiger partial charge in [-0.25, -0.2) is 0 Å². The van der Waals surface area contributed by atoms with Gasteiger partial charge < -0.3 is 19.1 Å². The van der Waals surface area contributed by atoms with E-state index in [0.29, 0.717) is 36.8 Å². The highest BCUT2D eigenvalue weighted by atomic mass is 16.5. The van der Waals surface area contributed by atoms with Gasteiger partial charge in [-0.05, 0) is 25.1 Å². The third-order valence-corrected chi connectivity index (χ3v) is 3.21. The highest BCUT2D eigenvalue weighted by Gasteiger charge is 2.20. The average molecular weight is 293 g/mol. The number of hydrogen-bond donors (Lipinski definition) is 0. The minimum Gasteiger partial charge on any atom is -0.490 e. The van der Waals surface area contributed by atoms with Crippen molar-refractivity contribution in [1.82, 2.24) is 4.90 Å². The zero-order valence-electron chi connectivity index (χ0n) is 12.3. The molecule has 0 N–H and O–H groups in total. The predicted octanol–water partition coefficient (Wildman–Crippen LogP) is 1.48. The molecule has 1 aromatic carbocycles. The van der Waals surface area contributed by atoms with Crippen LogP contribution in [0.25, 0.3) is 0 Å². The van der Waals surface area contributed by atoms with Gasteiger partial charge >= 0.3 is 5.97 Å². The van der Waals surface area contributed by atoms with Crippen molar-refractivity contribution in [3.8, 4) is 11.5 Å². The summed E-state index contributed by atoms with van der Waals surface area (Å²) in [4.78, 5) is 25.2. The smallest absolute Gasteiger partial charge is 0.325 e. The third-order valence-electron chi connectivity index (χ3n) is 3.21. The molecule has 1 aliphatic heterocycles. The largest absolute Gasteiger partial charge is 0.490 e. The van der Waals surface area contributed by atoms with E-state index in [9.17, 15) is 9.59 Å². The molecule has 114 valence electrons. The van der Waals surface area contributed by atoms with Gasteiger partial charge in [0.15, 0.2) is 11.5 Å². The second-order valence-electron chi connectivity index (χ2n) is 4.61. The van der Waals surface area contributed by atoms with Gasteiger partial charge in [0.2, 0.25) is 0 Å². The third kappa shape index (κ3) is 3.65. The molecule has 0 unspecified atom stereocenters. The van der Waals surface area contributed by atoms with Crippen molar-refractivity contribution < 1.29 is 23.8 Å². The van der Waals surface area contributed by atoms with Crippen LogP contribution in [-0.2, 0) is 9.53 Å². The molecule has 0 aromatic heterocycles. The van der Waals surface area contributed by atoms with E-state index >= 15 is 0 Å². The zero-order valence-corrected chi connectivity index (χ0v) is 12.3. The Balaban J connectivity index is 2.18. The number of benzene rings is 1. The van der Waals surface area contributed by atoms with Crippen molar-refractivity contribution >= 4 is 11.9 Å². The second kappa shape index (κ2) is 6.97. The van der Waals surface area contributed by atoms with E-state index in [-0.39, 0.29) is 12.5 Å². The fourth-order valence-electron chi connectivity index (χ4n) is 2.03. The van der Waals surface area contributed by atoms with Crippen molar-refractivity contribution in [2.45, 2.75) is 13.3 Å². The highest BCUT2D eigenvalue weighted by Crippen LogP contribution is 2.30. The first-order valence-corrected chi connectivity index (χ1v) is 6.91. The monoisotopic (exact) mass is 293 g/mol. The topological polar surface area (TPSA) is 65.1 Å². The molecule has 1 aliphatic rings. The Morgan fingerprint density at radius 2 is 1.95 bits per heavy atom. The summed E-state index contributed by atoms with van der Waals surface area (Å²) in [6, 6.07) is 5.05. The standard InChI is InChI=1S/C15H19NO5/c1-3-16(10-14(17)19-2)15(18)11-5-6-12-13(9-11)21-8-4-7-20-12/h5-6,9H,3-4,7-8,10H2,1-2H3. The first kappa shape index (κ1) is 15.2. The molecule has 2 rings (SSSR count). The lowest BCUT2D eigenvalue weighted by Crippen LogP contribution is -2.36. The van der Waals surface area contributed by atoms with Crippen LogP contribution in [-0.4, -0.2) is 50.2 Å². The van der Waals surface area contributed by atoms with Crippen LogP contribution < -0.4 is 9.47 Å². The highest BCUT2D eigenvalue weighted by molar-refractivity contribution is 5.96. The number of carbonyl (C=O) groups excluding carboxylic acids is 2. The maximum atomic E-state index is 12.4. The number of nitrogens with zero attached hydrogens (tertiary/aromatic N) is 1. The first-order valence-electron chi connectivity index (χ1n) is 6.91. The number of esters is 1. The van der Waals surface area contributed by atoms with Gasteiger partial charge in [0.05, 0.1) is 20.3 Å². The quantitative estimate of drug-likeness (QED) is 0.787. The van der Waals surface area contributed by atoms with Crippen molar-refractivity contribution in [3.05, 3.63) is 23.8 Å². The number of fused-ring (bicyclic) bond motifs is 1. The molecular weight excluding hydrogens is 274 g/mol. The van der Waals surface area contributed by atoms with Crippen LogP contribution in [0, 0.1) is 0 Å². The van der Waals surface area contributed by atoms with Gasteiger partial charge in [-0.15, -0.1) is 0 Å². The van der Waals surface area contributed by atoms with Crippen LogP contribution in [0.1, 0.15) is 23.7 Å². The maximum absolute atomic E-state index is 12.4. The van der Waals surface area contributed by atoms with Gasteiger partial charge in [0.1, 0.15) is 6.54 Å². The van der Waals surface area contributed by atoms with E-state index in [0.717, 1.165) is 6.42 Å². The van der Waals surface area contributed by atoms with Gasteiger partial charge in [-0.2, -0.15) is 0 Å². The van der Waals surface area contributed by atoms with Crippen LogP contribution in [0.3, 0.4) is 0 Å². The SMILES string of the molecule is CCN(CC(=O)OC)C(=O)c1ccc2c(c1)OCCCO2. The van der Waals surface area contributed by atoms with E-state index in [1.165, 1.54) is 12.0 Å². The molecule has 6 heteroatoms. The molecule has 0 saturated heterocycles. The normalized spacial score (nSPS) is 13.2. The van der Waals surface area contributed by atoms with Crippen LogP contribution >= 0.6 is 0 Å². The Morgan fingerprint density at radius 1 is 1.24 bits per heavy atom. The van der Waals surface area contributed by atoms with E-state index in [1.54, 1.807) is 18.2 Å². The summed E-state index contributed by atoms with van der Waals surface area (Å²) in [6.07, 6.45) is 0.807. The zero-order chi connectivity index (χ0) is 15.2. The molecule has 1 heterocycles. The van der Waals surface area contributed by atoms with Crippen molar-refractivity contribution in [1.29, 1.82) is 0 Å².